The Bertz CT molecular complexity index is 413. The maximum absolute atomic E-state index is 11.5. The van der Waals surface area contributed by atoms with Crippen LogP contribution < -0.4 is 15.8 Å². The SMILES string of the molecule is CC(NC(=O)OC(C)(C)C)Oc1cccc(N)c1. The molecule has 0 spiro atoms. The third-order valence-corrected chi connectivity index (χ3v) is 1.89. The molecule has 0 aliphatic carbocycles. The van der Waals surface area contributed by atoms with Crippen molar-refractivity contribution >= 4 is 11.8 Å². The number of nitrogens with two attached hydrogens (primary N) is 1. The third-order valence-electron chi connectivity index (χ3n) is 1.89. The molecule has 0 heterocycles. The van der Waals surface area contributed by atoms with Gasteiger partial charge in [0.1, 0.15) is 11.4 Å². The van der Waals surface area contributed by atoms with Gasteiger partial charge in [0.25, 0.3) is 0 Å². The Hall–Kier alpha value is -1.91. The number of nitrogen functional groups attached to an aromatic ring is 1. The first-order chi connectivity index (χ1) is 8.26. The Morgan fingerprint density at radius 3 is 2.61 bits per heavy atom. The highest BCUT2D eigenvalue weighted by Gasteiger charge is 2.18. The summed E-state index contributed by atoms with van der Waals surface area (Å²) in [4.78, 5) is 11.5. The molecule has 1 aromatic rings. The molecular weight excluding hydrogens is 232 g/mol. The molecule has 0 radical (unpaired) electrons. The standard InChI is InChI=1S/C13H20N2O3/c1-9(15-12(16)18-13(2,3)4)17-11-7-5-6-10(14)8-11/h5-9H,14H2,1-4H3,(H,15,16). The summed E-state index contributed by atoms with van der Waals surface area (Å²) >= 11 is 0. The van der Waals surface area contributed by atoms with Crippen molar-refractivity contribution in [2.75, 3.05) is 5.73 Å². The molecule has 3 N–H and O–H groups in total. The summed E-state index contributed by atoms with van der Waals surface area (Å²) in [5.41, 5.74) is 5.71. The van der Waals surface area contributed by atoms with Crippen LogP contribution in [0, 0.1) is 0 Å². The first-order valence-corrected chi connectivity index (χ1v) is 5.78. The van der Waals surface area contributed by atoms with Crippen molar-refractivity contribution in [2.24, 2.45) is 0 Å². The third kappa shape index (κ3) is 5.43. The van der Waals surface area contributed by atoms with E-state index in [0.29, 0.717) is 11.4 Å². The van der Waals surface area contributed by atoms with Gasteiger partial charge in [0.15, 0.2) is 6.23 Å². The molecule has 1 unspecified atom stereocenters. The molecular formula is C13H20N2O3. The van der Waals surface area contributed by atoms with E-state index in [2.05, 4.69) is 5.32 Å². The summed E-state index contributed by atoms with van der Waals surface area (Å²) in [6, 6.07) is 7.00. The molecule has 0 aliphatic heterocycles. The molecule has 0 aliphatic rings. The van der Waals surface area contributed by atoms with Crippen LogP contribution in [0.15, 0.2) is 24.3 Å². The highest BCUT2D eigenvalue weighted by molar-refractivity contribution is 5.67. The zero-order valence-corrected chi connectivity index (χ0v) is 11.2. The average Bonchev–Trinajstić information content (AvgIpc) is 2.13. The number of hydrogen-bond acceptors (Lipinski definition) is 4. The topological polar surface area (TPSA) is 73.6 Å². The molecule has 0 fully saturated rings. The van der Waals surface area contributed by atoms with Gasteiger partial charge in [-0.25, -0.2) is 4.79 Å². The first-order valence-electron chi connectivity index (χ1n) is 5.78. The van der Waals surface area contributed by atoms with Crippen LogP contribution in [-0.2, 0) is 4.74 Å². The molecule has 1 rings (SSSR count). The Morgan fingerprint density at radius 1 is 1.39 bits per heavy atom. The van der Waals surface area contributed by atoms with Crippen LogP contribution in [0.2, 0.25) is 0 Å². The molecule has 100 valence electrons. The highest BCUT2D eigenvalue weighted by atomic mass is 16.6. The summed E-state index contributed by atoms with van der Waals surface area (Å²) in [6.45, 7) is 7.12. The van der Waals surface area contributed by atoms with E-state index >= 15 is 0 Å². The number of amides is 1. The fraction of sp³-hybridized carbons (Fsp3) is 0.462. The molecule has 5 heteroatoms. The number of nitrogens with one attached hydrogen (secondary N) is 1. The van der Waals surface area contributed by atoms with Crippen molar-refractivity contribution in [3.8, 4) is 5.75 Å². The lowest BCUT2D eigenvalue weighted by Crippen LogP contribution is -2.40. The van der Waals surface area contributed by atoms with Gasteiger partial charge < -0.3 is 15.2 Å². The van der Waals surface area contributed by atoms with E-state index in [1.54, 1.807) is 52.0 Å². The fourth-order valence-corrected chi connectivity index (χ4v) is 1.29. The number of rotatable bonds is 3. The van der Waals surface area contributed by atoms with Gasteiger partial charge in [0.05, 0.1) is 0 Å². The predicted octanol–water partition coefficient (Wildman–Crippen LogP) is 2.52. The van der Waals surface area contributed by atoms with Gasteiger partial charge in [-0.05, 0) is 39.8 Å². The molecule has 0 saturated heterocycles. The van der Waals surface area contributed by atoms with Gasteiger partial charge in [-0.2, -0.15) is 0 Å². The lowest BCUT2D eigenvalue weighted by Gasteiger charge is -2.22. The van der Waals surface area contributed by atoms with E-state index < -0.39 is 17.9 Å². The maximum atomic E-state index is 11.5. The van der Waals surface area contributed by atoms with E-state index in [1.807, 2.05) is 0 Å². The minimum absolute atomic E-state index is 0.498. The Balaban J connectivity index is 2.47. The number of anilines is 1. The van der Waals surface area contributed by atoms with Crippen molar-refractivity contribution in [3.63, 3.8) is 0 Å². The number of benzene rings is 1. The van der Waals surface area contributed by atoms with Gasteiger partial charge in [0, 0.05) is 11.8 Å². The number of carbonyl (C=O) groups excluding carboxylic acids is 1. The van der Waals surface area contributed by atoms with Crippen molar-refractivity contribution < 1.29 is 14.3 Å². The highest BCUT2D eigenvalue weighted by Crippen LogP contribution is 2.15. The van der Waals surface area contributed by atoms with Crippen LogP contribution in [0.1, 0.15) is 27.7 Å². The number of alkyl carbamates (subject to hydrolysis) is 1. The van der Waals surface area contributed by atoms with Gasteiger partial charge in [-0.1, -0.05) is 6.07 Å². The minimum atomic E-state index is -0.527. The Labute approximate surface area is 107 Å². The molecule has 0 aromatic heterocycles. The van der Waals surface area contributed by atoms with Crippen molar-refractivity contribution in [1.29, 1.82) is 0 Å². The van der Waals surface area contributed by atoms with Crippen LogP contribution >= 0.6 is 0 Å². The molecule has 18 heavy (non-hydrogen) atoms. The van der Waals surface area contributed by atoms with Gasteiger partial charge >= 0.3 is 6.09 Å². The van der Waals surface area contributed by atoms with E-state index in [1.165, 1.54) is 0 Å². The second-order valence-corrected chi connectivity index (χ2v) is 4.98. The van der Waals surface area contributed by atoms with Crippen molar-refractivity contribution in [3.05, 3.63) is 24.3 Å². The molecule has 0 bridgehead atoms. The number of carbonyl (C=O) groups is 1. The van der Waals surface area contributed by atoms with Crippen LogP contribution in [0.4, 0.5) is 10.5 Å². The summed E-state index contributed by atoms with van der Waals surface area (Å²) in [5.74, 6) is 0.596. The predicted molar refractivity (Wildman–Crippen MR) is 70.3 cm³/mol. The van der Waals surface area contributed by atoms with Crippen molar-refractivity contribution in [2.45, 2.75) is 39.5 Å². The zero-order chi connectivity index (χ0) is 13.8. The fourth-order valence-electron chi connectivity index (χ4n) is 1.29. The molecule has 1 aromatic carbocycles. The molecule has 5 nitrogen and oxygen atoms in total. The number of ether oxygens (including phenoxy) is 2. The van der Waals surface area contributed by atoms with Crippen LogP contribution in [0.3, 0.4) is 0 Å². The van der Waals surface area contributed by atoms with Gasteiger partial charge in [-0.3, -0.25) is 5.32 Å². The van der Waals surface area contributed by atoms with E-state index in [4.69, 9.17) is 15.2 Å². The van der Waals surface area contributed by atoms with Gasteiger partial charge in [0.2, 0.25) is 0 Å². The molecule has 1 atom stereocenters. The average molecular weight is 252 g/mol. The monoisotopic (exact) mass is 252 g/mol. The lowest BCUT2D eigenvalue weighted by atomic mass is 10.2. The minimum Gasteiger partial charge on any atom is -0.471 e. The lowest BCUT2D eigenvalue weighted by molar-refractivity contribution is 0.0414. The van der Waals surface area contributed by atoms with E-state index in [9.17, 15) is 4.79 Å². The van der Waals surface area contributed by atoms with Crippen molar-refractivity contribution in [1.82, 2.24) is 5.32 Å². The normalized spacial score (nSPS) is 12.7. The summed E-state index contributed by atoms with van der Waals surface area (Å²) in [5, 5.41) is 2.58. The van der Waals surface area contributed by atoms with Crippen LogP contribution in [-0.4, -0.2) is 17.9 Å². The number of hydrogen-bond donors (Lipinski definition) is 2. The largest absolute Gasteiger partial charge is 0.471 e. The Kier molecular flexibility index (Phi) is 4.42. The zero-order valence-electron chi connectivity index (χ0n) is 11.2. The van der Waals surface area contributed by atoms with Crippen LogP contribution in [0.25, 0.3) is 0 Å². The quantitative estimate of drug-likeness (QED) is 0.640. The second kappa shape index (κ2) is 5.62. The first kappa shape index (κ1) is 14.2. The molecule has 0 saturated carbocycles. The summed E-state index contributed by atoms with van der Waals surface area (Å²) in [7, 11) is 0. The maximum Gasteiger partial charge on any atom is 0.410 e. The Morgan fingerprint density at radius 2 is 2.06 bits per heavy atom. The second-order valence-electron chi connectivity index (χ2n) is 4.98. The van der Waals surface area contributed by atoms with Gasteiger partial charge in [-0.15, -0.1) is 0 Å². The summed E-state index contributed by atoms with van der Waals surface area (Å²) in [6.07, 6.45) is -1.01. The summed E-state index contributed by atoms with van der Waals surface area (Å²) < 4.78 is 10.6. The van der Waals surface area contributed by atoms with E-state index in [-0.39, 0.29) is 0 Å². The molecule has 1 amide bonds. The van der Waals surface area contributed by atoms with E-state index in [0.717, 1.165) is 0 Å². The smallest absolute Gasteiger partial charge is 0.410 e. The van der Waals surface area contributed by atoms with Crippen LogP contribution in [0.5, 0.6) is 5.75 Å².